The number of fused-ring (bicyclic) bond motifs is 1. The van der Waals surface area contributed by atoms with E-state index in [0.29, 0.717) is 5.02 Å². The topological polar surface area (TPSA) is 44.8 Å². The van der Waals surface area contributed by atoms with E-state index in [2.05, 4.69) is 0 Å². The van der Waals surface area contributed by atoms with E-state index in [-0.39, 0.29) is 19.0 Å². The molecular formula is C14H12ClO4P. The molecule has 20 heavy (non-hydrogen) atoms. The van der Waals surface area contributed by atoms with Gasteiger partial charge in [0, 0.05) is 0 Å². The van der Waals surface area contributed by atoms with Gasteiger partial charge in [-0.05, 0) is 23.3 Å². The first-order valence-electron chi connectivity index (χ1n) is 6.06. The molecule has 0 amide bonds. The lowest BCUT2D eigenvalue weighted by atomic mass is 10.1. The maximum atomic E-state index is 12.5. The Morgan fingerprint density at radius 1 is 0.950 bits per heavy atom. The third kappa shape index (κ3) is 2.89. The number of phosphoric ester groups is 1. The van der Waals surface area contributed by atoms with E-state index in [9.17, 15) is 4.57 Å². The fourth-order valence-corrected chi connectivity index (χ4v) is 3.27. The Bertz CT molecular complexity index is 643. The Morgan fingerprint density at radius 3 is 2.10 bits per heavy atom. The van der Waals surface area contributed by atoms with Crippen LogP contribution in [0.4, 0.5) is 0 Å². The van der Waals surface area contributed by atoms with Crippen LogP contribution in [0.3, 0.4) is 0 Å². The molecule has 0 saturated carbocycles. The summed E-state index contributed by atoms with van der Waals surface area (Å²) in [5, 5.41) is 0.358. The maximum absolute atomic E-state index is 12.5. The zero-order chi connectivity index (χ0) is 14.0. The Labute approximate surface area is 121 Å². The van der Waals surface area contributed by atoms with Gasteiger partial charge in [0.25, 0.3) is 0 Å². The molecule has 4 nitrogen and oxygen atoms in total. The molecule has 0 unspecified atom stereocenters. The number of phosphoric acid groups is 1. The first-order valence-corrected chi connectivity index (χ1v) is 7.90. The zero-order valence-corrected chi connectivity index (χ0v) is 12.1. The predicted octanol–water partition coefficient (Wildman–Crippen LogP) is 4.57. The number of hydrogen-bond acceptors (Lipinski definition) is 4. The average molecular weight is 311 g/mol. The van der Waals surface area contributed by atoms with Crippen LogP contribution in [0.25, 0.3) is 0 Å². The fraction of sp³-hybridized carbons (Fsp3) is 0.143. The molecule has 2 aromatic carbocycles. The summed E-state index contributed by atoms with van der Waals surface area (Å²) in [4.78, 5) is 0. The summed E-state index contributed by atoms with van der Waals surface area (Å²) in [7, 11) is -3.67. The van der Waals surface area contributed by atoms with Crippen LogP contribution in [0.5, 0.6) is 5.75 Å². The molecule has 0 bridgehead atoms. The predicted molar refractivity (Wildman–Crippen MR) is 75.7 cm³/mol. The largest absolute Gasteiger partial charge is 0.530 e. The third-order valence-corrected chi connectivity index (χ3v) is 4.54. The molecule has 6 heteroatoms. The van der Waals surface area contributed by atoms with Crippen molar-refractivity contribution in [2.75, 3.05) is 0 Å². The molecule has 1 aliphatic heterocycles. The van der Waals surface area contributed by atoms with Crippen LogP contribution in [-0.4, -0.2) is 0 Å². The van der Waals surface area contributed by atoms with Gasteiger partial charge in [-0.15, -0.1) is 0 Å². The molecule has 0 atom stereocenters. The third-order valence-electron chi connectivity index (χ3n) is 2.92. The van der Waals surface area contributed by atoms with Crippen LogP contribution in [0.2, 0.25) is 5.02 Å². The van der Waals surface area contributed by atoms with Gasteiger partial charge in [-0.1, -0.05) is 48.0 Å². The summed E-state index contributed by atoms with van der Waals surface area (Å²) < 4.78 is 28.5. The van der Waals surface area contributed by atoms with Crippen molar-refractivity contribution in [3.63, 3.8) is 0 Å². The molecule has 0 spiro atoms. The molecule has 0 fully saturated rings. The van der Waals surface area contributed by atoms with Crippen molar-refractivity contribution < 1.29 is 18.1 Å². The van der Waals surface area contributed by atoms with Gasteiger partial charge >= 0.3 is 7.82 Å². The van der Waals surface area contributed by atoms with Crippen molar-refractivity contribution in [1.29, 1.82) is 0 Å². The average Bonchev–Trinajstić information content (AvgIpc) is 2.62. The van der Waals surface area contributed by atoms with E-state index in [4.69, 9.17) is 25.2 Å². The molecule has 0 saturated heterocycles. The summed E-state index contributed by atoms with van der Waals surface area (Å²) in [6.07, 6.45) is 0. The molecule has 0 radical (unpaired) electrons. The Balaban J connectivity index is 1.82. The van der Waals surface area contributed by atoms with E-state index in [1.54, 1.807) is 24.3 Å². The van der Waals surface area contributed by atoms with Gasteiger partial charge in [-0.2, -0.15) is 0 Å². The quantitative estimate of drug-likeness (QED) is 0.762. The Kier molecular flexibility index (Phi) is 3.81. The minimum absolute atomic E-state index is 0.178. The monoisotopic (exact) mass is 310 g/mol. The van der Waals surface area contributed by atoms with Gasteiger partial charge in [-0.25, -0.2) is 4.57 Å². The summed E-state index contributed by atoms with van der Waals surface area (Å²) in [5.41, 5.74) is 1.88. The lowest BCUT2D eigenvalue weighted by Crippen LogP contribution is -1.99. The van der Waals surface area contributed by atoms with Crippen molar-refractivity contribution in [2.45, 2.75) is 13.2 Å². The maximum Gasteiger partial charge on any atom is 0.530 e. The first-order chi connectivity index (χ1) is 9.66. The molecular weight excluding hydrogens is 299 g/mol. The second-order valence-electron chi connectivity index (χ2n) is 4.28. The summed E-state index contributed by atoms with van der Waals surface area (Å²) in [6, 6.07) is 14.4. The zero-order valence-electron chi connectivity index (χ0n) is 10.5. The SMILES string of the molecule is O=P1(Oc2ccccc2Cl)OCc2ccccc2CO1. The molecule has 104 valence electrons. The Morgan fingerprint density at radius 2 is 1.50 bits per heavy atom. The van der Waals surface area contributed by atoms with Crippen LogP contribution >= 0.6 is 19.4 Å². The highest BCUT2D eigenvalue weighted by atomic mass is 35.5. The van der Waals surface area contributed by atoms with Gasteiger partial charge in [0.1, 0.15) is 5.75 Å². The van der Waals surface area contributed by atoms with Crippen LogP contribution in [0.1, 0.15) is 11.1 Å². The van der Waals surface area contributed by atoms with Crippen molar-refractivity contribution >= 4 is 19.4 Å². The smallest absolute Gasteiger partial charge is 0.402 e. The summed E-state index contributed by atoms with van der Waals surface area (Å²) >= 11 is 5.98. The standard InChI is InChI=1S/C14H12ClO4P/c15-13-7-3-4-8-14(13)19-20(16)17-9-11-5-1-2-6-12(11)10-18-20/h1-8H,9-10H2. The molecule has 1 heterocycles. The van der Waals surface area contributed by atoms with Crippen molar-refractivity contribution in [3.8, 4) is 5.75 Å². The lowest BCUT2D eigenvalue weighted by molar-refractivity contribution is 0.155. The van der Waals surface area contributed by atoms with Gasteiger partial charge in [0.2, 0.25) is 0 Å². The molecule has 0 aromatic heterocycles. The highest BCUT2D eigenvalue weighted by molar-refractivity contribution is 7.48. The summed E-state index contributed by atoms with van der Waals surface area (Å²) in [5.74, 6) is 0.281. The minimum atomic E-state index is -3.67. The van der Waals surface area contributed by atoms with Crippen LogP contribution in [0.15, 0.2) is 48.5 Å². The summed E-state index contributed by atoms with van der Waals surface area (Å²) in [6.45, 7) is 0.357. The number of rotatable bonds is 2. The number of halogens is 1. The number of para-hydroxylation sites is 1. The molecule has 2 aromatic rings. The molecule has 0 N–H and O–H groups in total. The normalized spacial score (nSPS) is 17.1. The van der Waals surface area contributed by atoms with Gasteiger partial charge in [0.15, 0.2) is 0 Å². The van der Waals surface area contributed by atoms with E-state index in [1.165, 1.54) is 0 Å². The minimum Gasteiger partial charge on any atom is -0.402 e. The molecule has 3 rings (SSSR count). The Hall–Kier alpha value is -1.32. The molecule has 0 aliphatic carbocycles. The van der Waals surface area contributed by atoms with Gasteiger partial charge in [-0.3, -0.25) is 9.05 Å². The van der Waals surface area contributed by atoms with Crippen LogP contribution < -0.4 is 4.52 Å². The van der Waals surface area contributed by atoms with Crippen molar-refractivity contribution in [3.05, 3.63) is 64.7 Å². The van der Waals surface area contributed by atoms with E-state index in [0.717, 1.165) is 11.1 Å². The second kappa shape index (κ2) is 5.58. The van der Waals surface area contributed by atoms with Crippen LogP contribution in [0, 0.1) is 0 Å². The van der Waals surface area contributed by atoms with E-state index in [1.807, 2.05) is 24.3 Å². The van der Waals surface area contributed by atoms with Crippen molar-refractivity contribution in [2.24, 2.45) is 0 Å². The molecule has 1 aliphatic rings. The fourth-order valence-electron chi connectivity index (χ4n) is 1.87. The van der Waals surface area contributed by atoms with Crippen molar-refractivity contribution in [1.82, 2.24) is 0 Å². The van der Waals surface area contributed by atoms with Crippen LogP contribution in [-0.2, 0) is 26.8 Å². The van der Waals surface area contributed by atoms with Gasteiger partial charge < -0.3 is 4.52 Å². The van der Waals surface area contributed by atoms with E-state index < -0.39 is 7.82 Å². The number of benzene rings is 2. The van der Waals surface area contributed by atoms with E-state index >= 15 is 0 Å². The highest BCUT2D eigenvalue weighted by Crippen LogP contribution is 2.53. The second-order valence-corrected chi connectivity index (χ2v) is 6.29. The first kappa shape index (κ1) is 13.7. The number of hydrogen-bond donors (Lipinski definition) is 0. The highest BCUT2D eigenvalue weighted by Gasteiger charge is 2.32. The lowest BCUT2D eigenvalue weighted by Gasteiger charge is -2.16. The van der Waals surface area contributed by atoms with Gasteiger partial charge in [0.05, 0.1) is 18.2 Å².